The number of ether oxygens (including phenoxy) is 3. The number of Topliss-reactive ketones (excluding diaryl/α,β-unsaturated/α-hetero) is 1. The lowest BCUT2D eigenvalue weighted by molar-refractivity contribution is -0.231. The van der Waals surface area contributed by atoms with Crippen LogP contribution in [0.25, 0.3) is 6.08 Å². The van der Waals surface area contributed by atoms with Crippen molar-refractivity contribution in [2.24, 2.45) is 67.0 Å². The minimum absolute atomic E-state index is 0.00289. The topological polar surface area (TPSA) is 99.1 Å². The molecule has 7 nitrogen and oxygen atoms in total. The third-order valence-electron chi connectivity index (χ3n) is 23.6. The molecule has 0 aromatic heterocycles. The molecule has 0 radical (unpaired) electrons. The monoisotopic (exact) mass is 885 g/mol. The molecule has 9 aliphatic carbocycles. The lowest BCUT2D eigenvalue weighted by Gasteiger charge is -2.71. The Labute approximate surface area is 388 Å². The number of rotatable bonds is 1. The number of carbonyl (C=O) groups is 3. The molecule has 1 heterocycles. The molecule has 65 heavy (non-hydrogen) atoms. The Morgan fingerprint density at radius 2 is 1.45 bits per heavy atom. The average Bonchev–Trinajstić information content (AvgIpc) is 3.25. The van der Waals surface area contributed by atoms with E-state index >= 15 is 0 Å². The smallest absolute Gasteiger partial charge is 0.317 e. The van der Waals surface area contributed by atoms with E-state index in [2.05, 4.69) is 107 Å². The van der Waals surface area contributed by atoms with Gasteiger partial charge in [-0.1, -0.05) is 92.2 Å². The number of ketones is 2. The first kappa shape index (κ1) is 44.1. The van der Waals surface area contributed by atoms with Crippen LogP contribution in [0.2, 0.25) is 0 Å². The Morgan fingerprint density at radius 3 is 2.17 bits per heavy atom. The second-order valence-electron chi connectivity index (χ2n) is 26.4. The fourth-order valence-corrected chi connectivity index (χ4v) is 18.7. The van der Waals surface area contributed by atoms with Crippen LogP contribution in [-0.4, -0.2) is 41.1 Å². The summed E-state index contributed by atoms with van der Waals surface area (Å²) in [6, 6.07) is 2.21. The summed E-state index contributed by atoms with van der Waals surface area (Å²) >= 11 is 0. The minimum Gasteiger partial charge on any atom is -0.471 e. The highest BCUT2D eigenvalue weighted by molar-refractivity contribution is 6.02. The van der Waals surface area contributed by atoms with Crippen molar-refractivity contribution in [2.75, 3.05) is 7.11 Å². The highest BCUT2D eigenvalue weighted by Crippen LogP contribution is 2.77. The third-order valence-corrected chi connectivity index (χ3v) is 23.6. The largest absolute Gasteiger partial charge is 0.471 e. The summed E-state index contributed by atoms with van der Waals surface area (Å²) in [5, 5.41) is 12.8. The minimum atomic E-state index is -2.25. The summed E-state index contributed by atoms with van der Waals surface area (Å²) in [7, 11) is 1.54. The van der Waals surface area contributed by atoms with Crippen LogP contribution in [0.1, 0.15) is 176 Å². The summed E-state index contributed by atoms with van der Waals surface area (Å²) < 4.78 is 19.5. The third kappa shape index (κ3) is 4.96. The van der Waals surface area contributed by atoms with Crippen LogP contribution in [0.15, 0.2) is 47.1 Å². The Bertz CT molecular complexity index is 2530. The molecule has 0 bridgehead atoms. The number of hydrogen-bond acceptors (Lipinski definition) is 7. The van der Waals surface area contributed by atoms with Crippen LogP contribution in [0.4, 0.5) is 0 Å². The molecule has 10 aliphatic rings. The first-order valence-electron chi connectivity index (χ1n) is 25.5. The highest BCUT2D eigenvalue weighted by Gasteiger charge is 2.72. The van der Waals surface area contributed by atoms with Crippen LogP contribution in [0, 0.1) is 73.9 Å². The molecular weight excluding hydrogens is 809 g/mol. The second kappa shape index (κ2) is 12.8. The fraction of sp³-hybridized carbons (Fsp3) is 0.707. The van der Waals surface area contributed by atoms with Crippen molar-refractivity contribution in [1.82, 2.24) is 0 Å². The van der Waals surface area contributed by atoms with Gasteiger partial charge in [-0.05, 0) is 177 Å². The number of benzene rings is 1. The first-order chi connectivity index (χ1) is 30.2. The van der Waals surface area contributed by atoms with Crippen molar-refractivity contribution in [3.05, 3.63) is 63.8 Å². The van der Waals surface area contributed by atoms with Crippen LogP contribution < -0.4 is 9.47 Å². The maximum absolute atomic E-state index is 14.8. The van der Waals surface area contributed by atoms with Gasteiger partial charge in [0, 0.05) is 34.3 Å². The van der Waals surface area contributed by atoms with Crippen molar-refractivity contribution in [3.8, 4) is 11.5 Å². The summed E-state index contributed by atoms with van der Waals surface area (Å²) in [6.45, 7) is 27.9. The zero-order valence-electron chi connectivity index (χ0n) is 41.9. The van der Waals surface area contributed by atoms with Crippen LogP contribution in [0.3, 0.4) is 0 Å². The molecule has 1 aliphatic heterocycles. The fourth-order valence-electron chi connectivity index (χ4n) is 18.7. The Kier molecular flexibility index (Phi) is 8.68. The average molecular weight is 885 g/mol. The maximum atomic E-state index is 14.8. The number of esters is 1. The predicted molar refractivity (Wildman–Crippen MR) is 253 cm³/mol. The van der Waals surface area contributed by atoms with Crippen molar-refractivity contribution in [2.45, 2.75) is 183 Å². The Balaban J connectivity index is 0.972. The number of methoxy groups -OCH3 is 1. The van der Waals surface area contributed by atoms with E-state index in [1.807, 2.05) is 6.92 Å². The zero-order valence-corrected chi connectivity index (χ0v) is 41.9. The lowest BCUT2D eigenvalue weighted by atomic mass is 9.33. The van der Waals surface area contributed by atoms with E-state index in [1.165, 1.54) is 11.1 Å². The van der Waals surface area contributed by atoms with E-state index in [-0.39, 0.29) is 55.7 Å². The molecular formula is C58H76O7. The summed E-state index contributed by atoms with van der Waals surface area (Å²) in [5.41, 5.74) is 3.85. The molecule has 1 N–H and O–H groups in total. The van der Waals surface area contributed by atoms with Crippen molar-refractivity contribution in [1.29, 1.82) is 0 Å². The van der Waals surface area contributed by atoms with Gasteiger partial charge in [-0.2, -0.15) is 0 Å². The number of allylic oxidation sites excluding steroid dienone is 4. The molecule has 0 amide bonds. The second-order valence-corrected chi connectivity index (χ2v) is 26.4. The molecule has 7 heteroatoms. The van der Waals surface area contributed by atoms with Crippen molar-refractivity contribution in [3.63, 3.8) is 0 Å². The van der Waals surface area contributed by atoms with Gasteiger partial charge in [0.1, 0.15) is 5.78 Å². The van der Waals surface area contributed by atoms with Gasteiger partial charge in [-0.3, -0.25) is 14.4 Å². The molecule has 3 unspecified atom stereocenters. The standard InChI is InChI=1S/C58H76O7/c1-33-28-43-49(4,31-39(33)59)21-25-53(8)42-17-15-36-38(52(42,7)23-26-55(43,53)10)30-45(60)58(62)57(36,12)64-40-29-37-35(34(2)46(40)65-58)14-16-41-51(37,6)22-27-56(11)44-32-50(5,47(61)63-13)19-18-48(44,3)20-24-54(41,56)9/h14-17,29-30,33,41,43-44,62H,18-28,31-32H2,1-13H3/t33-,41?,43?,44?,48-,49+,50-,51+,52+,53-,54-,55+,56+,57+,58-/m1/s1. The molecule has 6 saturated carbocycles. The van der Waals surface area contributed by atoms with E-state index in [9.17, 15) is 19.5 Å². The molecule has 0 spiro atoms. The van der Waals surface area contributed by atoms with Gasteiger partial charge in [0.2, 0.25) is 11.4 Å². The quantitative estimate of drug-likeness (QED) is 0.280. The molecule has 1 aromatic carbocycles. The van der Waals surface area contributed by atoms with Crippen molar-refractivity contribution < 1.29 is 33.7 Å². The summed E-state index contributed by atoms with van der Waals surface area (Å²) in [4.78, 5) is 41.2. The van der Waals surface area contributed by atoms with Crippen LogP contribution in [-0.2, 0) is 24.5 Å². The van der Waals surface area contributed by atoms with E-state index in [1.54, 1.807) is 13.2 Å². The highest BCUT2D eigenvalue weighted by atomic mass is 16.7. The molecule has 1 aromatic rings. The van der Waals surface area contributed by atoms with Gasteiger partial charge in [-0.15, -0.1) is 0 Å². The SMILES string of the molecule is COC(=O)[C@]1(C)CC[C@]2(C)CC[C@]3(C)C4C=Cc5c(cc6c(c5C)O[C@]5(O)C(=O)C=C7C(=CC=C8[C@@]7(C)CC[C@@]7(C)C9C[C@@H](C)C(=O)C[C@]9(C)CC[C@]87C)[C@]5(C)O6)[C@]4(C)CC[C@@]3(C)C2C1. The van der Waals surface area contributed by atoms with E-state index in [4.69, 9.17) is 14.2 Å². The molecule has 6 fully saturated rings. The summed E-state index contributed by atoms with van der Waals surface area (Å²) in [5.74, 6) is -0.156. The van der Waals surface area contributed by atoms with Gasteiger partial charge in [0.25, 0.3) is 0 Å². The summed E-state index contributed by atoms with van der Waals surface area (Å²) in [6.07, 6.45) is 23.6. The molecule has 0 saturated heterocycles. The van der Waals surface area contributed by atoms with E-state index in [0.717, 1.165) is 99.3 Å². The number of aliphatic hydroxyl groups is 1. The lowest BCUT2D eigenvalue weighted by Crippen LogP contribution is -2.70. The van der Waals surface area contributed by atoms with Gasteiger partial charge >= 0.3 is 11.8 Å². The van der Waals surface area contributed by atoms with Crippen LogP contribution >= 0.6 is 0 Å². The van der Waals surface area contributed by atoms with Gasteiger partial charge < -0.3 is 19.3 Å². The molecule has 15 atom stereocenters. The van der Waals surface area contributed by atoms with Gasteiger partial charge in [0.05, 0.1) is 12.5 Å². The Hall–Kier alpha value is -3.45. The number of fused-ring (bicyclic) bond motifs is 17. The maximum Gasteiger partial charge on any atom is 0.317 e. The Morgan fingerprint density at radius 1 is 0.769 bits per heavy atom. The number of hydrogen-bond donors (Lipinski definition) is 1. The van der Waals surface area contributed by atoms with Gasteiger partial charge in [0.15, 0.2) is 11.5 Å². The van der Waals surface area contributed by atoms with Crippen LogP contribution in [0.5, 0.6) is 11.5 Å². The first-order valence-corrected chi connectivity index (χ1v) is 25.5. The van der Waals surface area contributed by atoms with E-state index < -0.39 is 28.0 Å². The molecule has 350 valence electrons. The van der Waals surface area contributed by atoms with Gasteiger partial charge in [-0.25, -0.2) is 0 Å². The predicted octanol–water partition coefficient (Wildman–Crippen LogP) is 12.3. The van der Waals surface area contributed by atoms with E-state index in [0.29, 0.717) is 35.5 Å². The zero-order chi connectivity index (χ0) is 46.7. The molecule has 11 rings (SSSR count). The normalized spacial score (nSPS) is 51.1. The number of carbonyl (C=O) groups excluding carboxylic acids is 3. The van der Waals surface area contributed by atoms with Crippen molar-refractivity contribution >= 4 is 23.6 Å².